The van der Waals surface area contributed by atoms with Crippen LogP contribution >= 0.6 is 36.4 Å². The van der Waals surface area contributed by atoms with Gasteiger partial charge in [0, 0.05) is 56.4 Å². The Morgan fingerprint density at radius 3 is 2.11 bits per heavy atom. The van der Waals surface area contributed by atoms with Crippen molar-refractivity contribution in [1.29, 1.82) is 0 Å². The van der Waals surface area contributed by atoms with Gasteiger partial charge in [-0.1, -0.05) is 41.9 Å². The molecule has 1 heterocycles. The molecule has 148 valence electrons. The second-order valence-electron chi connectivity index (χ2n) is 6.37. The molecule has 4 nitrogen and oxygen atoms in total. The molecule has 0 aromatic heterocycles. The van der Waals surface area contributed by atoms with Crippen molar-refractivity contribution < 1.29 is 4.79 Å². The van der Waals surface area contributed by atoms with Gasteiger partial charge in [-0.15, -0.1) is 24.8 Å². The van der Waals surface area contributed by atoms with Crippen molar-refractivity contribution in [2.24, 2.45) is 0 Å². The predicted octanol–water partition coefficient (Wildman–Crippen LogP) is 3.73. The molecule has 0 radical (unpaired) electrons. The number of amides is 1. The largest absolute Gasteiger partial charge is 0.351 e. The van der Waals surface area contributed by atoms with Crippen molar-refractivity contribution in [2.45, 2.75) is 6.54 Å². The Morgan fingerprint density at radius 2 is 1.48 bits per heavy atom. The molecule has 2 aromatic rings. The van der Waals surface area contributed by atoms with Crippen molar-refractivity contribution in [1.82, 2.24) is 15.1 Å². The molecule has 0 aliphatic carbocycles. The van der Waals surface area contributed by atoms with Gasteiger partial charge in [0.2, 0.25) is 0 Å². The highest BCUT2D eigenvalue weighted by atomic mass is 35.5. The van der Waals surface area contributed by atoms with Crippen molar-refractivity contribution >= 4 is 42.3 Å². The first-order valence-electron chi connectivity index (χ1n) is 8.73. The van der Waals surface area contributed by atoms with Crippen molar-refractivity contribution in [2.75, 3.05) is 39.3 Å². The van der Waals surface area contributed by atoms with E-state index >= 15 is 0 Å². The maximum absolute atomic E-state index is 12.1. The first-order chi connectivity index (χ1) is 12.2. The van der Waals surface area contributed by atoms with Crippen LogP contribution in [0.4, 0.5) is 0 Å². The smallest absolute Gasteiger partial charge is 0.251 e. The standard InChI is InChI=1S/C20H24ClN3O.2ClH/c21-19-8-6-18(7-9-19)20(25)22-10-11-23-12-14-24(15-13-23)16-17-4-2-1-3-5-17;;/h1-9H,10-16H2,(H,22,25);2*1H. The van der Waals surface area contributed by atoms with E-state index in [1.54, 1.807) is 24.3 Å². The molecule has 1 aliphatic heterocycles. The van der Waals surface area contributed by atoms with E-state index in [1.165, 1.54) is 5.56 Å². The van der Waals surface area contributed by atoms with Crippen LogP contribution < -0.4 is 5.32 Å². The highest BCUT2D eigenvalue weighted by Crippen LogP contribution is 2.10. The third kappa shape index (κ3) is 7.68. The molecule has 27 heavy (non-hydrogen) atoms. The van der Waals surface area contributed by atoms with Gasteiger partial charge in [-0.2, -0.15) is 0 Å². The summed E-state index contributed by atoms with van der Waals surface area (Å²) in [5, 5.41) is 3.62. The van der Waals surface area contributed by atoms with E-state index in [4.69, 9.17) is 11.6 Å². The van der Waals surface area contributed by atoms with Gasteiger partial charge in [0.15, 0.2) is 0 Å². The summed E-state index contributed by atoms with van der Waals surface area (Å²) < 4.78 is 0. The Bertz CT molecular complexity index is 675. The van der Waals surface area contributed by atoms with Gasteiger partial charge in [-0.25, -0.2) is 0 Å². The third-order valence-electron chi connectivity index (χ3n) is 4.53. The van der Waals surface area contributed by atoms with E-state index in [2.05, 4.69) is 45.4 Å². The Labute approximate surface area is 178 Å². The van der Waals surface area contributed by atoms with Crippen LogP contribution in [-0.2, 0) is 6.54 Å². The summed E-state index contributed by atoms with van der Waals surface area (Å²) in [6, 6.07) is 17.6. The highest BCUT2D eigenvalue weighted by Gasteiger charge is 2.16. The zero-order chi connectivity index (χ0) is 17.5. The number of nitrogens with one attached hydrogen (secondary N) is 1. The van der Waals surface area contributed by atoms with Gasteiger partial charge in [0.25, 0.3) is 5.91 Å². The maximum atomic E-state index is 12.1. The summed E-state index contributed by atoms with van der Waals surface area (Å²) in [5.41, 5.74) is 2.02. The number of halogens is 3. The average molecular weight is 431 g/mol. The van der Waals surface area contributed by atoms with Crippen LogP contribution in [0, 0.1) is 0 Å². The number of piperazine rings is 1. The number of hydrogen-bond acceptors (Lipinski definition) is 3. The summed E-state index contributed by atoms with van der Waals surface area (Å²) in [7, 11) is 0. The number of rotatable bonds is 6. The Morgan fingerprint density at radius 1 is 0.889 bits per heavy atom. The molecule has 7 heteroatoms. The minimum atomic E-state index is -0.0422. The van der Waals surface area contributed by atoms with Gasteiger partial charge in [-0.3, -0.25) is 14.6 Å². The molecule has 0 spiro atoms. The first-order valence-corrected chi connectivity index (χ1v) is 9.11. The fraction of sp³-hybridized carbons (Fsp3) is 0.350. The van der Waals surface area contributed by atoms with E-state index in [9.17, 15) is 4.79 Å². The number of hydrogen-bond donors (Lipinski definition) is 1. The fourth-order valence-electron chi connectivity index (χ4n) is 3.04. The van der Waals surface area contributed by atoms with Gasteiger partial charge in [-0.05, 0) is 29.8 Å². The molecule has 1 N–H and O–H groups in total. The summed E-state index contributed by atoms with van der Waals surface area (Å²) >= 11 is 5.84. The van der Waals surface area contributed by atoms with E-state index in [0.717, 1.165) is 39.3 Å². The Hall–Kier alpha value is -1.30. The zero-order valence-corrected chi connectivity index (χ0v) is 17.5. The van der Waals surface area contributed by atoms with Crippen LogP contribution in [0.15, 0.2) is 54.6 Å². The summed E-state index contributed by atoms with van der Waals surface area (Å²) in [6.45, 7) is 6.80. The molecule has 1 amide bonds. The minimum Gasteiger partial charge on any atom is -0.351 e. The molecule has 1 saturated heterocycles. The van der Waals surface area contributed by atoms with E-state index in [-0.39, 0.29) is 30.7 Å². The van der Waals surface area contributed by atoms with Crippen molar-refractivity contribution in [3.05, 3.63) is 70.7 Å². The number of nitrogens with zero attached hydrogens (tertiary/aromatic N) is 2. The van der Waals surface area contributed by atoms with Crippen molar-refractivity contribution in [3.8, 4) is 0 Å². The normalized spacial score (nSPS) is 14.7. The average Bonchev–Trinajstić information content (AvgIpc) is 2.64. The Balaban J connectivity index is 0.00000182. The van der Waals surface area contributed by atoms with Crippen LogP contribution in [0.5, 0.6) is 0 Å². The maximum Gasteiger partial charge on any atom is 0.251 e. The van der Waals surface area contributed by atoms with Crippen molar-refractivity contribution in [3.63, 3.8) is 0 Å². The number of benzene rings is 2. The van der Waals surface area contributed by atoms with E-state index < -0.39 is 0 Å². The molecule has 0 unspecified atom stereocenters. The lowest BCUT2D eigenvalue weighted by Gasteiger charge is -2.34. The zero-order valence-electron chi connectivity index (χ0n) is 15.1. The van der Waals surface area contributed by atoms with E-state index in [0.29, 0.717) is 17.1 Å². The summed E-state index contributed by atoms with van der Waals surface area (Å²) in [4.78, 5) is 17.0. The van der Waals surface area contributed by atoms with Crippen LogP contribution in [0.1, 0.15) is 15.9 Å². The molecule has 2 aromatic carbocycles. The second kappa shape index (κ2) is 12.2. The van der Waals surface area contributed by atoms with Gasteiger partial charge >= 0.3 is 0 Å². The van der Waals surface area contributed by atoms with Gasteiger partial charge in [0.05, 0.1) is 0 Å². The topological polar surface area (TPSA) is 35.6 Å². The molecule has 0 bridgehead atoms. The first kappa shape index (κ1) is 23.7. The molecular weight excluding hydrogens is 405 g/mol. The number of carbonyl (C=O) groups is 1. The van der Waals surface area contributed by atoms with Crippen LogP contribution in [0.3, 0.4) is 0 Å². The quantitative estimate of drug-likeness (QED) is 0.758. The summed E-state index contributed by atoms with van der Waals surface area (Å²) in [6.07, 6.45) is 0. The molecule has 0 atom stereocenters. The summed E-state index contributed by atoms with van der Waals surface area (Å²) in [5.74, 6) is -0.0422. The van der Waals surface area contributed by atoms with Crippen LogP contribution in [0.2, 0.25) is 5.02 Å². The Kier molecular flexibility index (Phi) is 10.7. The molecule has 1 aliphatic rings. The predicted molar refractivity (Wildman–Crippen MR) is 116 cm³/mol. The fourth-order valence-corrected chi connectivity index (χ4v) is 3.17. The lowest BCUT2D eigenvalue weighted by Crippen LogP contribution is -2.48. The third-order valence-corrected chi connectivity index (χ3v) is 4.79. The number of carbonyl (C=O) groups excluding carboxylic acids is 1. The molecular formula is C20H26Cl3N3O. The van der Waals surface area contributed by atoms with Gasteiger partial charge < -0.3 is 5.32 Å². The van der Waals surface area contributed by atoms with Gasteiger partial charge in [0.1, 0.15) is 0 Å². The SMILES string of the molecule is Cl.Cl.O=C(NCCN1CCN(Cc2ccccc2)CC1)c1ccc(Cl)cc1. The lowest BCUT2D eigenvalue weighted by molar-refractivity contribution is 0.0934. The highest BCUT2D eigenvalue weighted by molar-refractivity contribution is 6.30. The minimum absolute atomic E-state index is 0. The van der Waals surface area contributed by atoms with Crippen LogP contribution in [-0.4, -0.2) is 55.0 Å². The lowest BCUT2D eigenvalue weighted by atomic mass is 10.2. The molecule has 3 rings (SSSR count). The van der Waals surface area contributed by atoms with Crippen LogP contribution in [0.25, 0.3) is 0 Å². The molecule has 1 fully saturated rings. The second-order valence-corrected chi connectivity index (χ2v) is 6.80. The monoisotopic (exact) mass is 429 g/mol. The van der Waals surface area contributed by atoms with E-state index in [1.807, 2.05) is 0 Å². The molecule has 0 saturated carbocycles.